The van der Waals surface area contributed by atoms with Crippen LogP contribution in [0.3, 0.4) is 0 Å². The van der Waals surface area contributed by atoms with E-state index in [1.165, 1.54) is 365 Å². The number of rotatable bonds is 61. The van der Waals surface area contributed by atoms with Gasteiger partial charge in [0, 0.05) is 23.1 Å². The Hall–Kier alpha value is -2.43. The number of nitrogens with zero attached hydrogens (tertiary/aromatic N) is 2. The van der Waals surface area contributed by atoms with Gasteiger partial charge in [-0.1, -0.05) is 258 Å². The van der Waals surface area contributed by atoms with E-state index in [1.54, 1.807) is 4.70 Å². The van der Waals surface area contributed by atoms with Crippen LogP contribution >= 0.6 is 0 Å². The van der Waals surface area contributed by atoms with Gasteiger partial charge >= 0.3 is 142 Å². The zero-order valence-corrected chi connectivity index (χ0v) is 62.1. The summed E-state index contributed by atoms with van der Waals surface area (Å²) in [6, 6.07) is 14.7. The fraction of sp³-hybridized carbons (Fsp3) is 0.791. The van der Waals surface area contributed by atoms with Crippen molar-refractivity contribution in [3.05, 3.63) is 86.5 Å². The van der Waals surface area contributed by atoms with Crippen LogP contribution in [0.4, 0.5) is 0 Å². The van der Waals surface area contributed by atoms with Gasteiger partial charge in [0.05, 0.1) is 0 Å². The van der Waals surface area contributed by atoms with E-state index in [1.807, 2.05) is 14.4 Å². The standard InChI is InChI=1S/C66H108N2.2C10H21.Ni/c1-7-13-19-22-25-26-27-28-29-30-31-32-33-34-35-36-37-40-44-50-64-63(49-41-16-10-4)65(61-53-57(45-17-11-5)51-59(55-61)47-42-38-23-20-14-8-2)68(67)66(64)62-54-58(46-18-12-6)52-60(56-62)48-43-39-24-21-15-9-3;2*1-3-5-7-9-10-8-6-4-2;/h51-56H,7-43,45-49H2,1-6H3;2*1,3-10H2,2H3;. The molecule has 0 N–H and O–H groups in total. The van der Waals surface area contributed by atoms with E-state index in [0.717, 1.165) is 73.9 Å². The molecule has 89 heavy (non-hydrogen) atoms. The van der Waals surface area contributed by atoms with Gasteiger partial charge in [-0.2, -0.15) is 0 Å². The van der Waals surface area contributed by atoms with Crippen LogP contribution in [0, 0.1) is 11.8 Å². The maximum atomic E-state index is 12.9. The molecule has 3 rings (SSSR count). The van der Waals surface area contributed by atoms with E-state index in [2.05, 4.69) is 104 Å². The van der Waals surface area contributed by atoms with Crippen LogP contribution < -0.4 is 0 Å². The molecule has 0 unspecified atom stereocenters. The Kier molecular flexibility index (Phi) is 57.3. The molecule has 0 amide bonds. The fourth-order valence-electron chi connectivity index (χ4n) is 13.2. The third kappa shape index (κ3) is 43.2. The molecule has 1 aliphatic rings. The Morgan fingerprint density at radius 3 is 0.876 bits per heavy atom. The number of allylic oxidation sites excluding steroid dienone is 2. The number of hydrogen-bond acceptors (Lipinski definition) is 0. The van der Waals surface area contributed by atoms with E-state index in [4.69, 9.17) is 0 Å². The van der Waals surface area contributed by atoms with Crippen molar-refractivity contribution in [3.8, 4) is 11.8 Å². The zero-order valence-electron chi connectivity index (χ0n) is 61.1. The van der Waals surface area contributed by atoms with Gasteiger partial charge in [-0.15, -0.1) is 0 Å². The molecule has 0 aromatic heterocycles. The molecule has 0 fully saturated rings. The monoisotopic (exact) mass is 1270 g/mol. The average molecular weight is 1270 g/mol. The third-order valence-corrected chi connectivity index (χ3v) is 20.4. The maximum absolute atomic E-state index is 12.9. The Labute approximate surface area is 563 Å². The van der Waals surface area contributed by atoms with Crippen LogP contribution in [0.25, 0.3) is 16.9 Å². The van der Waals surface area contributed by atoms with E-state index >= 15 is 0 Å². The van der Waals surface area contributed by atoms with Crippen molar-refractivity contribution in [1.82, 2.24) is 0 Å². The van der Waals surface area contributed by atoms with Crippen molar-refractivity contribution in [2.45, 2.75) is 439 Å². The summed E-state index contributed by atoms with van der Waals surface area (Å²) in [5.41, 5.74) is 25.2. The molecule has 1 aliphatic heterocycles. The predicted molar refractivity (Wildman–Crippen MR) is 397 cm³/mol. The van der Waals surface area contributed by atoms with Crippen molar-refractivity contribution in [2.24, 2.45) is 0 Å². The molecule has 2 aromatic carbocycles. The summed E-state index contributed by atoms with van der Waals surface area (Å²) < 4.78 is 1.63. The Morgan fingerprint density at radius 1 is 0.281 bits per heavy atom. The Bertz CT molecular complexity index is 2060. The van der Waals surface area contributed by atoms with E-state index in [-0.39, 0.29) is 0 Å². The zero-order chi connectivity index (χ0) is 64.1. The quantitative estimate of drug-likeness (QED) is 0.0273. The summed E-state index contributed by atoms with van der Waals surface area (Å²) in [5, 5.41) is 2.86. The molecule has 1 heterocycles. The normalized spacial score (nSPS) is 12.4. The molecule has 0 saturated heterocycles. The summed E-state index contributed by atoms with van der Waals surface area (Å²) >= 11 is 2.02. The molecular weight excluding hydrogens is 1120 g/mol. The second-order valence-electron chi connectivity index (χ2n) is 27.8. The first kappa shape index (κ1) is 82.7. The molecule has 0 radical (unpaired) electrons. The van der Waals surface area contributed by atoms with E-state index in [0.29, 0.717) is 0 Å². The first-order chi connectivity index (χ1) is 43.9. The average Bonchev–Trinajstić information content (AvgIpc) is 1.88. The SMILES string of the molecule is CCCCCCCCCCCCCCCCCCCC#CC1=C(c2cc(CCCC)cc(CCCCCCCC)c2)[N+](=[N-])C(c2cc(CCCC)cc(CCCCCCCC)c2)=C1CCCCC.CCCCCCCCC[CH2][Ni][CH2]CCCCCCCCC. The van der Waals surface area contributed by atoms with Crippen LogP contribution in [0.5, 0.6) is 0 Å². The topological polar surface area (TPSA) is 25.3 Å². The van der Waals surface area contributed by atoms with Crippen LogP contribution in [0.1, 0.15) is 435 Å². The summed E-state index contributed by atoms with van der Waals surface area (Å²) in [6.07, 6.45) is 77.1. The van der Waals surface area contributed by atoms with Gasteiger partial charge in [0.15, 0.2) is 0 Å². The van der Waals surface area contributed by atoms with Gasteiger partial charge in [-0.25, -0.2) is 4.70 Å². The second-order valence-corrected chi connectivity index (χ2v) is 29.3. The molecule has 0 saturated carbocycles. The van der Waals surface area contributed by atoms with Crippen LogP contribution in [0.15, 0.2) is 47.5 Å². The molecule has 0 atom stereocenters. The molecule has 0 spiro atoms. The first-order valence-corrected chi connectivity index (χ1v) is 41.5. The van der Waals surface area contributed by atoms with Crippen LogP contribution in [-0.4, -0.2) is 4.70 Å². The van der Waals surface area contributed by atoms with Crippen molar-refractivity contribution < 1.29 is 19.1 Å². The van der Waals surface area contributed by atoms with Crippen LogP contribution in [-0.2, 0) is 40.1 Å². The summed E-state index contributed by atoms with van der Waals surface area (Å²) in [6.45, 7) is 18.4. The summed E-state index contributed by atoms with van der Waals surface area (Å²) in [4.78, 5) is 0. The predicted octanol–water partition coefficient (Wildman–Crippen LogP) is 30.2. The van der Waals surface area contributed by atoms with Gasteiger partial charge < -0.3 is 5.53 Å². The molecule has 2 nitrogen and oxygen atoms in total. The first-order valence-electron chi connectivity index (χ1n) is 40.1. The number of unbranched alkanes of at least 4 members (excludes halogenated alkanes) is 45. The Morgan fingerprint density at radius 2 is 0.539 bits per heavy atom. The van der Waals surface area contributed by atoms with Crippen molar-refractivity contribution >= 4 is 11.4 Å². The van der Waals surface area contributed by atoms with E-state index < -0.39 is 0 Å². The molecule has 514 valence electrons. The number of benzene rings is 2. The molecule has 0 bridgehead atoms. The van der Waals surface area contributed by atoms with E-state index in [9.17, 15) is 5.53 Å². The summed E-state index contributed by atoms with van der Waals surface area (Å²) in [7, 11) is 0. The molecular formula is C86H150N2Ni. The van der Waals surface area contributed by atoms with Crippen molar-refractivity contribution in [3.63, 3.8) is 0 Å². The van der Waals surface area contributed by atoms with Crippen molar-refractivity contribution in [1.29, 1.82) is 0 Å². The van der Waals surface area contributed by atoms with Gasteiger partial charge in [0.1, 0.15) is 5.57 Å². The van der Waals surface area contributed by atoms with Gasteiger partial charge in [-0.3, -0.25) is 0 Å². The molecule has 3 heteroatoms. The fourth-order valence-corrected chi connectivity index (χ4v) is 14.4. The number of aryl methyl sites for hydroxylation is 4. The Balaban J connectivity index is 0.00000109. The molecule has 2 aromatic rings. The van der Waals surface area contributed by atoms with Gasteiger partial charge in [-0.05, 0) is 117 Å². The second kappa shape index (κ2) is 61.7. The number of hydrogen-bond donors (Lipinski definition) is 0. The van der Waals surface area contributed by atoms with Crippen LogP contribution in [0.2, 0.25) is 10.8 Å². The minimum atomic E-state index is 0.924. The minimum absolute atomic E-state index is 0.924. The summed E-state index contributed by atoms with van der Waals surface area (Å²) in [5.74, 6) is 7.57. The van der Waals surface area contributed by atoms with Gasteiger partial charge in [0.25, 0.3) is 0 Å². The van der Waals surface area contributed by atoms with Gasteiger partial charge in [0.2, 0.25) is 11.4 Å². The molecule has 0 aliphatic carbocycles. The van der Waals surface area contributed by atoms with Crippen molar-refractivity contribution in [2.75, 3.05) is 0 Å². The third-order valence-electron chi connectivity index (χ3n) is 19.0.